The van der Waals surface area contributed by atoms with Crippen molar-refractivity contribution < 1.29 is 10.2 Å². The highest BCUT2D eigenvalue weighted by atomic mass is 32.1. The van der Waals surface area contributed by atoms with Crippen LogP contribution in [0.2, 0.25) is 0 Å². The molecule has 0 aliphatic carbocycles. The standard InChI is InChI=1S/C19H21N3O2S/c20-15-4-5-16-17(13-2-1-3-14(6-13)19(21)25)9-22(18(16)7-15)8-12(10-23)11-24/h1-7,9,12,23-24H,8,10-11,20H2,(H2,21,25). The van der Waals surface area contributed by atoms with Gasteiger partial charge >= 0.3 is 0 Å². The zero-order chi connectivity index (χ0) is 18.0. The number of aliphatic hydroxyl groups is 2. The summed E-state index contributed by atoms with van der Waals surface area (Å²) < 4.78 is 2.02. The molecule has 0 amide bonds. The second-order valence-electron chi connectivity index (χ2n) is 6.15. The highest BCUT2D eigenvalue weighted by molar-refractivity contribution is 7.80. The number of nitrogen functional groups attached to an aromatic ring is 1. The molecule has 0 unspecified atom stereocenters. The highest BCUT2D eigenvalue weighted by Gasteiger charge is 2.14. The third kappa shape index (κ3) is 3.51. The van der Waals surface area contributed by atoms with Crippen molar-refractivity contribution in [3.8, 4) is 11.1 Å². The van der Waals surface area contributed by atoms with Gasteiger partial charge < -0.3 is 26.2 Å². The molecule has 0 saturated heterocycles. The normalized spacial score (nSPS) is 11.3. The minimum atomic E-state index is -0.229. The summed E-state index contributed by atoms with van der Waals surface area (Å²) in [5, 5.41) is 19.9. The number of hydrogen-bond acceptors (Lipinski definition) is 4. The number of aromatic nitrogens is 1. The van der Waals surface area contributed by atoms with Crippen LogP contribution in [0.1, 0.15) is 5.56 Å². The first-order valence-electron chi connectivity index (χ1n) is 8.03. The Kier molecular flexibility index (Phi) is 5.03. The van der Waals surface area contributed by atoms with Crippen molar-refractivity contribution in [1.29, 1.82) is 0 Å². The summed E-state index contributed by atoms with van der Waals surface area (Å²) in [6, 6.07) is 13.5. The van der Waals surface area contributed by atoms with Crippen molar-refractivity contribution in [2.75, 3.05) is 18.9 Å². The third-order valence-corrected chi connectivity index (χ3v) is 4.57. The van der Waals surface area contributed by atoms with Gasteiger partial charge in [-0.05, 0) is 23.8 Å². The van der Waals surface area contributed by atoms with E-state index in [1.165, 1.54) is 0 Å². The van der Waals surface area contributed by atoms with Crippen molar-refractivity contribution in [2.45, 2.75) is 6.54 Å². The van der Waals surface area contributed by atoms with Gasteiger partial charge in [-0.15, -0.1) is 0 Å². The number of thiocarbonyl (C=S) groups is 1. The monoisotopic (exact) mass is 355 g/mol. The fraction of sp³-hybridized carbons (Fsp3) is 0.211. The van der Waals surface area contributed by atoms with Crippen LogP contribution >= 0.6 is 12.2 Å². The topological polar surface area (TPSA) is 97.4 Å². The van der Waals surface area contributed by atoms with E-state index in [1.54, 1.807) is 0 Å². The molecule has 3 aromatic rings. The summed E-state index contributed by atoms with van der Waals surface area (Å²) in [6.07, 6.45) is 2.01. The number of hydrogen-bond donors (Lipinski definition) is 4. The van der Waals surface area contributed by atoms with Crippen LogP contribution < -0.4 is 11.5 Å². The Morgan fingerprint density at radius 2 is 1.88 bits per heavy atom. The van der Waals surface area contributed by atoms with Gasteiger partial charge in [-0.2, -0.15) is 0 Å². The lowest BCUT2D eigenvalue weighted by Crippen LogP contribution is -2.17. The van der Waals surface area contributed by atoms with Crippen LogP contribution in [0, 0.1) is 5.92 Å². The van der Waals surface area contributed by atoms with Gasteiger partial charge in [0.15, 0.2) is 0 Å². The van der Waals surface area contributed by atoms with Gasteiger partial charge in [-0.25, -0.2) is 0 Å². The molecule has 2 aromatic carbocycles. The predicted molar refractivity (Wildman–Crippen MR) is 105 cm³/mol. The molecule has 130 valence electrons. The van der Waals surface area contributed by atoms with Gasteiger partial charge in [-0.3, -0.25) is 0 Å². The summed E-state index contributed by atoms with van der Waals surface area (Å²) in [6.45, 7) is 0.345. The minimum absolute atomic E-state index is 0.0786. The molecular weight excluding hydrogens is 334 g/mol. The molecule has 6 N–H and O–H groups in total. The van der Waals surface area contributed by atoms with Crippen molar-refractivity contribution in [3.63, 3.8) is 0 Å². The lowest BCUT2D eigenvalue weighted by atomic mass is 10.0. The molecule has 1 heterocycles. The van der Waals surface area contributed by atoms with Crippen molar-refractivity contribution in [1.82, 2.24) is 4.57 Å². The largest absolute Gasteiger partial charge is 0.399 e. The third-order valence-electron chi connectivity index (χ3n) is 4.34. The second-order valence-corrected chi connectivity index (χ2v) is 6.59. The van der Waals surface area contributed by atoms with Gasteiger partial charge in [0.05, 0.1) is 5.52 Å². The molecule has 0 aliphatic rings. The van der Waals surface area contributed by atoms with E-state index < -0.39 is 0 Å². The van der Waals surface area contributed by atoms with Gasteiger partial charge in [0, 0.05) is 54.1 Å². The van der Waals surface area contributed by atoms with Crippen LogP contribution in [-0.2, 0) is 6.54 Å². The van der Waals surface area contributed by atoms with Crippen molar-refractivity contribution in [3.05, 3.63) is 54.2 Å². The lowest BCUT2D eigenvalue weighted by Gasteiger charge is -2.13. The smallest absolute Gasteiger partial charge is 0.104 e. The van der Waals surface area contributed by atoms with Crippen molar-refractivity contribution in [2.24, 2.45) is 11.7 Å². The number of rotatable bonds is 6. The van der Waals surface area contributed by atoms with Crippen molar-refractivity contribution >= 4 is 33.8 Å². The molecule has 0 fully saturated rings. The van der Waals surface area contributed by atoms with E-state index in [0.717, 1.165) is 27.6 Å². The Hall–Kier alpha value is -2.41. The molecule has 3 rings (SSSR count). The molecule has 0 radical (unpaired) electrons. The number of nitrogens with two attached hydrogens (primary N) is 2. The van der Waals surface area contributed by atoms with E-state index in [9.17, 15) is 10.2 Å². The maximum Gasteiger partial charge on any atom is 0.104 e. The highest BCUT2D eigenvalue weighted by Crippen LogP contribution is 2.32. The van der Waals surface area contributed by atoms with Crippen LogP contribution in [0.15, 0.2) is 48.7 Å². The summed E-state index contributed by atoms with van der Waals surface area (Å²) in [5.41, 5.74) is 16.2. The first-order chi connectivity index (χ1) is 12.0. The van der Waals surface area contributed by atoms with Crippen LogP contribution in [0.5, 0.6) is 0 Å². The number of benzene rings is 2. The Bertz CT molecular complexity index is 916. The molecule has 0 saturated carbocycles. The fourth-order valence-corrected chi connectivity index (χ4v) is 3.11. The number of anilines is 1. The Morgan fingerprint density at radius 3 is 2.56 bits per heavy atom. The Morgan fingerprint density at radius 1 is 1.12 bits per heavy atom. The van der Waals surface area contributed by atoms with E-state index in [4.69, 9.17) is 23.7 Å². The molecule has 0 atom stereocenters. The molecule has 5 nitrogen and oxygen atoms in total. The minimum Gasteiger partial charge on any atom is -0.399 e. The summed E-state index contributed by atoms with van der Waals surface area (Å²) in [7, 11) is 0. The molecule has 0 aliphatic heterocycles. The molecular formula is C19H21N3O2S. The van der Waals surface area contributed by atoms with Crippen LogP contribution in [0.4, 0.5) is 5.69 Å². The second kappa shape index (κ2) is 7.23. The fourth-order valence-electron chi connectivity index (χ4n) is 2.98. The molecule has 0 spiro atoms. The molecule has 0 bridgehead atoms. The number of fused-ring (bicyclic) bond motifs is 1. The molecule has 1 aromatic heterocycles. The average Bonchev–Trinajstić information content (AvgIpc) is 2.97. The Balaban J connectivity index is 2.15. The maximum atomic E-state index is 9.41. The number of nitrogens with zero attached hydrogens (tertiary/aromatic N) is 1. The maximum absolute atomic E-state index is 9.41. The average molecular weight is 355 g/mol. The molecule has 6 heteroatoms. The molecule has 25 heavy (non-hydrogen) atoms. The van der Waals surface area contributed by atoms with E-state index >= 15 is 0 Å². The van der Waals surface area contributed by atoms with E-state index in [2.05, 4.69) is 0 Å². The van der Waals surface area contributed by atoms with Gasteiger partial charge in [0.1, 0.15) is 4.99 Å². The lowest BCUT2D eigenvalue weighted by molar-refractivity contribution is 0.138. The summed E-state index contributed by atoms with van der Waals surface area (Å²) in [4.78, 5) is 0.357. The first kappa shape index (κ1) is 17.4. The SMILES string of the molecule is NC(=S)c1cccc(-c2cn(CC(CO)CO)c3cc(N)ccc23)c1. The number of aliphatic hydroxyl groups excluding tert-OH is 2. The van der Waals surface area contributed by atoms with E-state index in [1.807, 2.05) is 53.2 Å². The predicted octanol–water partition coefficient (Wildman–Crippen LogP) is 2.13. The van der Waals surface area contributed by atoms with Crippen LogP contribution in [-0.4, -0.2) is 33.0 Å². The van der Waals surface area contributed by atoms with E-state index in [-0.39, 0.29) is 19.1 Å². The van der Waals surface area contributed by atoms with Gasteiger partial charge in [0.2, 0.25) is 0 Å². The van der Waals surface area contributed by atoms with E-state index in [0.29, 0.717) is 17.2 Å². The zero-order valence-corrected chi connectivity index (χ0v) is 14.5. The van der Waals surface area contributed by atoms with Crippen LogP contribution in [0.3, 0.4) is 0 Å². The summed E-state index contributed by atoms with van der Waals surface area (Å²) in [5.74, 6) is -0.229. The zero-order valence-electron chi connectivity index (χ0n) is 13.7. The Labute approximate surface area is 151 Å². The van der Waals surface area contributed by atoms with Gasteiger partial charge in [-0.1, -0.05) is 36.5 Å². The first-order valence-corrected chi connectivity index (χ1v) is 8.44. The van der Waals surface area contributed by atoms with Crippen LogP contribution in [0.25, 0.3) is 22.0 Å². The summed E-state index contributed by atoms with van der Waals surface area (Å²) >= 11 is 5.08. The van der Waals surface area contributed by atoms with Gasteiger partial charge in [0.25, 0.3) is 0 Å². The quantitative estimate of drug-likeness (QED) is 0.401.